The molecule has 0 radical (unpaired) electrons. The summed E-state index contributed by atoms with van der Waals surface area (Å²) in [5.74, 6) is -0.184. The standard InChI is InChI=1S/C22H27N3O3/c23-21(27)18-10-7-17(8-11-18)15-24-22(28)25-13-2-1-5-19(25)12-9-16-4-3-6-20(26)14-16/h3-4,6-8,10-11,14,19,26H,1-2,5,9,12-13,15H2,(H2,23,27)(H,24,28)/t19-/m0/s1. The summed E-state index contributed by atoms with van der Waals surface area (Å²) in [6.07, 6.45) is 4.85. The smallest absolute Gasteiger partial charge is 0.317 e. The molecule has 0 aromatic heterocycles. The molecule has 2 aromatic rings. The van der Waals surface area contributed by atoms with Crippen LogP contribution in [0.2, 0.25) is 0 Å². The normalized spacial score (nSPS) is 16.6. The van der Waals surface area contributed by atoms with Gasteiger partial charge in [0.1, 0.15) is 5.75 Å². The number of benzene rings is 2. The highest BCUT2D eigenvalue weighted by Crippen LogP contribution is 2.22. The number of aryl methyl sites for hydroxylation is 1. The maximum atomic E-state index is 12.7. The summed E-state index contributed by atoms with van der Waals surface area (Å²) in [6.45, 7) is 1.17. The second-order valence-electron chi connectivity index (χ2n) is 7.27. The van der Waals surface area contributed by atoms with Gasteiger partial charge in [0.2, 0.25) is 5.91 Å². The molecule has 0 spiro atoms. The minimum absolute atomic E-state index is 0.0559. The van der Waals surface area contributed by atoms with Crippen LogP contribution < -0.4 is 11.1 Å². The first-order chi connectivity index (χ1) is 13.5. The first-order valence-electron chi connectivity index (χ1n) is 9.74. The number of phenols is 1. The maximum absolute atomic E-state index is 12.7. The highest BCUT2D eigenvalue weighted by Gasteiger charge is 2.26. The molecule has 1 atom stereocenters. The lowest BCUT2D eigenvalue weighted by atomic mass is 9.96. The number of likely N-dealkylation sites (tertiary alicyclic amines) is 1. The summed E-state index contributed by atoms with van der Waals surface area (Å²) in [7, 11) is 0. The van der Waals surface area contributed by atoms with Crippen molar-refractivity contribution in [3.05, 3.63) is 65.2 Å². The van der Waals surface area contributed by atoms with Crippen LogP contribution >= 0.6 is 0 Å². The van der Waals surface area contributed by atoms with Crippen LogP contribution in [-0.2, 0) is 13.0 Å². The van der Waals surface area contributed by atoms with Crippen molar-refractivity contribution >= 4 is 11.9 Å². The molecule has 6 nitrogen and oxygen atoms in total. The van der Waals surface area contributed by atoms with Gasteiger partial charge in [0.25, 0.3) is 0 Å². The molecule has 28 heavy (non-hydrogen) atoms. The zero-order valence-corrected chi connectivity index (χ0v) is 15.9. The van der Waals surface area contributed by atoms with E-state index in [0.29, 0.717) is 12.1 Å². The minimum atomic E-state index is -0.460. The molecule has 1 saturated heterocycles. The van der Waals surface area contributed by atoms with Crippen LogP contribution in [0.5, 0.6) is 5.75 Å². The van der Waals surface area contributed by atoms with Crippen molar-refractivity contribution in [3.63, 3.8) is 0 Å². The van der Waals surface area contributed by atoms with Gasteiger partial charge in [-0.1, -0.05) is 24.3 Å². The van der Waals surface area contributed by atoms with E-state index in [9.17, 15) is 14.7 Å². The van der Waals surface area contributed by atoms with E-state index in [2.05, 4.69) is 5.32 Å². The molecule has 6 heteroatoms. The number of urea groups is 1. The van der Waals surface area contributed by atoms with Gasteiger partial charge in [0.15, 0.2) is 0 Å². The van der Waals surface area contributed by atoms with Gasteiger partial charge < -0.3 is 21.1 Å². The Bertz CT molecular complexity index is 820. The van der Waals surface area contributed by atoms with Crippen molar-refractivity contribution in [3.8, 4) is 5.75 Å². The highest BCUT2D eigenvalue weighted by atomic mass is 16.3. The Morgan fingerprint density at radius 3 is 2.61 bits per heavy atom. The van der Waals surface area contributed by atoms with E-state index in [1.54, 1.807) is 36.4 Å². The Kier molecular flexibility index (Phi) is 6.53. The van der Waals surface area contributed by atoms with Crippen LogP contribution in [0, 0.1) is 0 Å². The average Bonchev–Trinajstić information content (AvgIpc) is 2.71. The number of carbonyl (C=O) groups excluding carboxylic acids is 2. The molecule has 148 valence electrons. The van der Waals surface area contributed by atoms with Gasteiger partial charge in [-0.15, -0.1) is 0 Å². The minimum Gasteiger partial charge on any atom is -0.508 e. The van der Waals surface area contributed by atoms with Crippen molar-refractivity contribution in [2.45, 2.75) is 44.7 Å². The van der Waals surface area contributed by atoms with Crippen LogP contribution in [0.25, 0.3) is 0 Å². The number of aromatic hydroxyl groups is 1. The second-order valence-corrected chi connectivity index (χ2v) is 7.27. The molecule has 4 N–H and O–H groups in total. The molecular formula is C22H27N3O3. The first kappa shape index (κ1) is 19.7. The fourth-order valence-electron chi connectivity index (χ4n) is 3.68. The van der Waals surface area contributed by atoms with Crippen molar-refractivity contribution < 1.29 is 14.7 Å². The fourth-order valence-corrected chi connectivity index (χ4v) is 3.68. The lowest BCUT2D eigenvalue weighted by Crippen LogP contribution is -2.48. The predicted octanol–water partition coefficient (Wildman–Crippen LogP) is 3.19. The topological polar surface area (TPSA) is 95.7 Å². The summed E-state index contributed by atoms with van der Waals surface area (Å²) in [6, 6.07) is 14.4. The Morgan fingerprint density at radius 1 is 1.11 bits per heavy atom. The third-order valence-electron chi connectivity index (χ3n) is 5.25. The molecule has 2 aromatic carbocycles. The third-order valence-corrected chi connectivity index (χ3v) is 5.25. The molecule has 3 rings (SSSR count). The van der Waals surface area contributed by atoms with Gasteiger partial charge in [0.05, 0.1) is 0 Å². The van der Waals surface area contributed by atoms with Crippen molar-refractivity contribution in [2.75, 3.05) is 6.54 Å². The number of rotatable bonds is 6. The molecule has 1 aliphatic heterocycles. The van der Waals surface area contributed by atoms with Gasteiger partial charge in [-0.25, -0.2) is 4.79 Å². The molecule has 1 heterocycles. The highest BCUT2D eigenvalue weighted by molar-refractivity contribution is 5.92. The van der Waals surface area contributed by atoms with E-state index in [0.717, 1.165) is 49.8 Å². The number of nitrogens with one attached hydrogen (secondary N) is 1. The number of hydrogen-bond donors (Lipinski definition) is 3. The Balaban J connectivity index is 1.55. The summed E-state index contributed by atoms with van der Waals surface area (Å²) in [5.41, 5.74) is 7.71. The van der Waals surface area contributed by atoms with Crippen LogP contribution in [-0.4, -0.2) is 34.5 Å². The quantitative estimate of drug-likeness (QED) is 0.717. The summed E-state index contributed by atoms with van der Waals surface area (Å²) in [4.78, 5) is 25.8. The number of nitrogens with two attached hydrogens (primary N) is 1. The van der Waals surface area contributed by atoms with E-state index in [1.807, 2.05) is 17.0 Å². The largest absolute Gasteiger partial charge is 0.508 e. The van der Waals surface area contributed by atoms with Gasteiger partial charge in [-0.3, -0.25) is 4.79 Å². The third kappa shape index (κ3) is 5.25. The number of carbonyl (C=O) groups is 2. The zero-order chi connectivity index (χ0) is 19.9. The van der Waals surface area contributed by atoms with Crippen LogP contribution in [0.3, 0.4) is 0 Å². The first-order valence-corrected chi connectivity index (χ1v) is 9.74. The lowest BCUT2D eigenvalue weighted by molar-refractivity contribution is 0.1000. The number of hydrogen-bond acceptors (Lipinski definition) is 3. The SMILES string of the molecule is NC(=O)c1ccc(CNC(=O)N2CCCC[C@H]2CCc2cccc(O)c2)cc1. The van der Waals surface area contributed by atoms with Crippen molar-refractivity contribution in [1.29, 1.82) is 0 Å². The molecule has 0 unspecified atom stereocenters. The molecule has 0 aliphatic carbocycles. The van der Waals surface area contributed by atoms with Gasteiger partial charge in [-0.2, -0.15) is 0 Å². The van der Waals surface area contributed by atoms with Gasteiger partial charge in [-0.05, 0) is 67.5 Å². The summed E-state index contributed by atoms with van der Waals surface area (Å²) in [5, 5.41) is 12.6. The molecule has 3 amide bonds. The molecule has 1 aliphatic rings. The lowest BCUT2D eigenvalue weighted by Gasteiger charge is -2.36. The summed E-state index contributed by atoms with van der Waals surface area (Å²) >= 11 is 0. The number of amides is 3. The average molecular weight is 381 g/mol. The van der Waals surface area contributed by atoms with Gasteiger partial charge >= 0.3 is 6.03 Å². The second kappa shape index (κ2) is 9.26. The zero-order valence-electron chi connectivity index (χ0n) is 15.9. The van der Waals surface area contributed by atoms with E-state index in [-0.39, 0.29) is 17.8 Å². The monoisotopic (exact) mass is 381 g/mol. The van der Waals surface area contributed by atoms with E-state index < -0.39 is 5.91 Å². The molecule has 0 bridgehead atoms. The van der Waals surface area contributed by atoms with Crippen molar-refractivity contribution in [2.24, 2.45) is 5.73 Å². The number of phenolic OH excluding ortho intramolecular Hbond substituents is 1. The Labute approximate surface area is 165 Å². The Hall–Kier alpha value is -3.02. The van der Waals surface area contributed by atoms with E-state index in [4.69, 9.17) is 5.73 Å². The van der Waals surface area contributed by atoms with Crippen LogP contribution in [0.1, 0.15) is 47.2 Å². The number of nitrogens with zero attached hydrogens (tertiary/aromatic N) is 1. The van der Waals surface area contributed by atoms with Gasteiger partial charge in [0, 0.05) is 24.7 Å². The molecular weight excluding hydrogens is 354 g/mol. The summed E-state index contributed by atoms with van der Waals surface area (Å²) < 4.78 is 0. The Morgan fingerprint density at radius 2 is 1.89 bits per heavy atom. The van der Waals surface area contributed by atoms with E-state index >= 15 is 0 Å². The van der Waals surface area contributed by atoms with Crippen LogP contribution in [0.15, 0.2) is 48.5 Å². The fraction of sp³-hybridized carbons (Fsp3) is 0.364. The maximum Gasteiger partial charge on any atom is 0.317 e. The molecule has 1 fully saturated rings. The number of piperidine rings is 1. The number of primary amides is 1. The van der Waals surface area contributed by atoms with Crippen molar-refractivity contribution in [1.82, 2.24) is 10.2 Å². The predicted molar refractivity (Wildman–Crippen MR) is 108 cm³/mol. The van der Waals surface area contributed by atoms with Crippen LogP contribution in [0.4, 0.5) is 4.79 Å². The molecule has 0 saturated carbocycles. The van der Waals surface area contributed by atoms with E-state index in [1.165, 1.54) is 0 Å².